The molecule has 8 atom stereocenters. The number of fused-ring (bicyclic) bond motifs is 1. The van der Waals surface area contributed by atoms with Crippen molar-refractivity contribution in [2.75, 3.05) is 26.2 Å². The Hall–Kier alpha value is -3.08. The van der Waals surface area contributed by atoms with Crippen molar-refractivity contribution in [3.8, 4) is 0 Å². The van der Waals surface area contributed by atoms with Crippen LogP contribution in [-0.4, -0.2) is 120 Å². The fourth-order valence-corrected chi connectivity index (χ4v) is 7.62. The van der Waals surface area contributed by atoms with E-state index in [1.54, 1.807) is 11.8 Å². The first-order chi connectivity index (χ1) is 18.6. The highest BCUT2D eigenvalue weighted by Crippen LogP contribution is 2.51. The van der Waals surface area contributed by atoms with Crippen LogP contribution < -0.4 is 16.4 Å². The summed E-state index contributed by atoms with van der Waals surface area (Å²) in [6.07, 6.45) is 1.82. The van der Waals surface area contributed by atoms with Gasteiger partial charge in [-0.2, -0.15) is 0 Å². The second-order valence-electron chi connectivity index (χ2n) is 10.7. The van der Waals surface area contributed by atoms with E-state index in [4.69, 9.17) is 5.73 Å². The molecule has 5 heterocycles. The van der Waals surface area contributed by atoms with Crippen LogP contribution in [0.25, 0.3) is 0 Å². The molecule has 3 amide bonds. The summed E-state index contributed by atoms with van der Waals surface area (Å²) in [7, 11) is 0. The van der Waals surface area contributed by atoms with Gasteiger partial charge in [0.15, 0.2) is 0 Å². The Balaban J connectivity index is 1.22. The third-order valence-electron chi connectivity index (χ3n) is 8.14. The van der Waals surface area contributed by atoms with Crippen molar-refractivity contribution in [3.63, 3.8) is 0 Å². The van der Waals surface area contributed by atoms with Gasteiger partial charge in [0.1, 0.15) is 18.6 Å². The summed E-state index contributed by atoms with van der Waals surface area (Å²) < 4.78 is 1.27. The topological polar surface area (TPSA) is 209 Å². The van der Waals surface area contributed by atoms with E-state index in [9.17, 15) is 29.4 Å². The van der Waals surface area contributed by atoms with Gasteiger partial charge in [0.05, 0.1) is 18.0 Å². The highest BCUT2D eigenvalue weighted by Gasteiger charge is 2.60. The molecule has 0 aromatic carbocycles. The summed E-state index contributed by atoms with van der Waals surface area (Å²) in [6.45, 7) is 4.80. The van der Waals surface area contributed by atoms with Crippen molar-refractivity contribution in [2.24, 2.45) is 23.5 Å². The fraction of sp³-hybridized carbons (Fsp3) is 0.696. The van der Waals surface area contributed by atoms with Gasteiger partial charge >= 0.3 is 5.97 Å². The van der Waals surface area contributed by atoms with Crippen molar-refractivity contribution < 1.29 is 29.4 Å². The molecular weight excluding hydrogens is 530 g/mol. The Morgan fingerprint density at radius 2 is 2.10 bits per heavy atom. The first-order valence-corrected chi connectivity index (χ1v) is 13.8. The van der Waals surface area contributed by atoms with Crippen LogP contribution in [0.2, 0.25) is 0 Å². The number of aliphatic hydroxyl groups is 1. The minimum absolute atomic E-state index is 0.0166. The predicted molar refractivity (Wildman–Crippen MR) is 136 cm³/mol. The number of aromatic nitrogens is 4. The highest BCUT2D eigenvalue weighted by molar-refractivity contribution is 8.03. The highest BCUT2D eigenvalue weighted by atomic mass is 32.2. The van der Waals surface area contributed by atoms with E-state index in [1.165, 1.54) is 27.7 Å². The van der Waals surface area contributed by atoms with Crippen molar-refractivity contribution in [1.82, 2.24) is 40.6 Å². The largest absolute Gasteiger partial charge is 0.477 e. The van der Waals surface area contributed by atoms with E-state index in [-0.39, 0.29) is 65.7 Å². The van der Waals surface area contributed by atoms with E-state index in [1.807, 2.05) is 6.92 Å². The number of hydrogen-bond donors (Lipinski definition) is 5. The summed E-state index contributed by atoms with van der Waals surface area (Å²) in [6, 6.07) is -1.58. The lowest BCUT2D eigenvalue weighted by Crippen LogP contribution is -2.66. The van der Waals surface area contributed by atoms with E-state index < -0.39 is 24.0 Å². The summed E-state index contributed by atoms with van der Waals surface area (Å²) in [5.41, 5.74) is 6.02. The molecule has 4 aliphatic rings. The Morgan fingerprint density at radius 3 is 2.74 bits per heavy atom. The number of nitrogens with zero attached hydrogens (tertiary/aromatic N) is 6. The van der Waals surface area contributed by atoms with Gasteiger partial charge in [-0.25, -0.2) is 9.48 Å². The standard InChI is InChI=1S/C23H33N9O6S/c1-10-18-17(11(2)27-16(34)7-31-9-26-28-29-31)22(36)32(18)19(23(37)38)20(10)39-13-3-15(25-4-13)21(35)30-5-12(8-33)14(24)6-30/h9-15,17-18,25,33H,3-8,24H2,1-2H3,(H,27,34)(H,37,38)/t10-,11?,12?,13+,14?,15+,17-,18-/m1/s1. The van der Waals surface area contributed by atoms with E-state index in [0.717, 1.165) is 0 Å². The second-order valence-corrected chi connectivity index (χ2v) is 12.0. The summed E-state index contributed by atoms with van der Waals surface area (Å²) in [5.74, 6) is -2.89. The third kappa shape index (κ3) is 5.01. The number of thioether (sulfide) groups is 1. The Morgan fingerprint density at radius 1 is 1.33 bits per heavy atom. The zero-order chi connectivity index (χ0) is 28.0. The summed E-state index contributed by atoms with van der Waals surface area (Å²) in [5, 5.41) is 36.1. The van der Waals surface area contributed by atoms with Crippen LogP contribution in [0, 0.1) is 17.8 Å². The monoisotopic (exact) mass is 563 g/mol. The van der Waals surface area contributed by atoms with E-state index >= 15 is 0 Å². The number of hydrogen-bond acceptors (Lipinski definition) is 11. The molecule has 0 bridgehead atoms. The number of aliphatic carboxylic acids is 1. The van der Waals surface area contributed by atoms with Gasteiger partial charge in [-0.3, -0.25) is 14.4 Å². The molecule has 0 radical (unpaired) electrons. The average Bonchev–Trinajstić information content (AvgIpc) is 3.67. The van der Waals surface area contributed by atoms with Gasteiger partial charge in [0.25, 0.3) is 0 Å². The van der Waals surface area contributed by atoms with Crippen LogP contribution in [0.5, 0.6) is 0 Å². The van der Waals surface area contributed by atoms with E-state index in [0.29, 0.717) is 31.0 Å². The fourth-order valence-electron chi connectivity index (χ4n) is 6.14. The van der Waals surface area contributed by atoms with Gasteiger partial charge in [-0.05, 0) is 23.8 Å². The van der Waals surface area contributed by atoms with Gasteiger partial charge in [-0.1, -0.05) is 6.92 Å². The maximum Gasteiger partial charge on any atom is 0.353 e. The van der Waals surface area contributed by atoms with Gasteiger partial charge in [0, 0.05) is 60.3 Å². The summed E-state index contributed by atoms with van der Waals surface area (Å²) in [4.78, 5) is 54.5. The van der Waals surface area contributed by atoms with Crippen molar-refractivity contribution in [3.05, 3.63) is 16.9 Å². The molecule has 3 fully saturated rings. The maximum atomic E-state index is 13.1. The Bertz CT molecular complexity index is 1180. The molecule has 1 aromatic rings. The molecule has 0 aliphatic carbocycles. The van der Waals surface area contributed by atoms with E-state index in [2.05, 4.69) is 26.2 Å². The molecule has 0 spiro atoms. The number of carbonyl (C=O) groups is 4. The number of aliphatic hydroxyl groups excluding tert-OH is 1. The number of nitrogens with one attached hydrogen (secondary N) is 2. The van der Waals surface area contributed by atoms with Crippen LogP contribution in [0.3, 0.4) is 0 Å². The smallest absolute Gasteiger partial charge is 0.353 e. The SMILES string of the molecule is CC(NC(=O)Cn1cnnn1)[C@H]1C(=O)N2C(C(=O)O)=C(S[C@@H]3CN[C@H](C(=O)N4CC(N)C(CO)C4)C3)[C@H](C)[C@H]12. The second kappa shape index (κ2) is 10.8. The number of likely N-dealkylation sites (tertiary alicyclic amines) is 1. The molecule has 15 nitrogen and oxygen atoms in total. The number of rotatable bonds is 9. The lowest BCUT2D eigenvalue weighted by atomic mass is 9.78. The molecule has 39 heavy (non-hydrogen) atoms. The molecule has 6 N–H and O–H groups in total. The average molecular weight is 564 g/mol. The van der Waals surface area contributed by atoms with Gasteiger partial charge in [0.2, 0.25) is 17.7 Å². The van der Waals surface area contributed by atoms with Crippen LogP contribution >= 0.6 is 11.8 Å². The van der Waals surface area contributed by atoms with Crippen molar-refractivity contribution in [2.45, 2.75) is 56.2 Å². The first-order valence-electron chi connectivity index (χ1n) is 13.0. The van der Waals surface area contributed by atoms with Crippen LogP contribution in [0.1, 0.15) is 20.3 Å². The quantitative estimate of drug-likeness (QED) is 0.193. The van der Waals surface area contributed by atoms with Gasteiger partial charge < -0.3 is 36.4 Å². The maximum absolute atomic E-state index is 13.1. The molecular formula is C23H33N9O6S. The molecule has 1 aromatic heterocycles. The zero-order valence-electron chi connectivity index (χ0n) is 21.6. The number of carboxylic acids is 1. The Labute approximate surface area is 228 Å². The molecule has 3 saturated heterocycles. The molecule has 4 aliphatic heterocycles. The first kappa shape index (κ1) is 27.5. The summed E-state index contributed by atoms with van der Waals surface area (Å²) >= 11 is 1.40. The molecule has 212 valence electrons. The number of amides is 3. The van der Waals surface area contributed by atoms with Crippen LogP contribution in [-0.2, 0) is 25.7 Å². The van der Waals surface area contributed by atoms with Gasteiger partial charge in [-0.15, -0.1) is 16.9 Å². The molecule has 3 unspecified atom stereocenters. The minimum atomic E-state index is -1.17. The lowest BCUT2D eigenvalue weighted by Gasteiger charge is -2.47. The molecule has 16 heteroatoms. The number of carboxylic acid groups (broad SMARTS) is 1. The predicted octanol–water partition coefficient (Wildman–Crippen LogP) is -2.81. The number of nitrogens with two attached hydrogens (primary N) is 1. The normalized spacial score (nSPS) is 32.8. The lowest BCUT2D eigenvalue weighted by molar-refractivity contribution is -0.158. The number of carbonyl (C=O) groups excluding carboxylic acids is 3. The number of tetrazole rings is 1. The molecule has 5 rings (SSSR count). The Kier molecular flexibility index (Phi) is 7.63. The van der Waals surface area contributed by atoms with Crippen molar-refractivity contribution >= 4 is 35.5 Å². The van der Waals surface area contributed by atoms with Crippen LogP contribution in [0.4, 0.5) is 0 Å². The molecule has 0 saturated carbocycles. The number of β-lactam (4-membered cyclic amide) rings is 1. The third-order valence-corrected chi connectivity index (χ3v) is 9.65. The van der Waals surface area contributed by atoms with Crippen LogP contribution in [0.15, 0.2) is 16.9 Å². The van der Waals surface area contributed by atoms with Crippen molar-refractivity contribution in [1.29, 1.82) is 0 Å². The minimum Gasteiger partial charge on any atom is -0.477 e. The zero-order valence-corrected chi connectivity index (χ0v) is 22.5.